The lowest BCUT2D eigenvalue weighted by molar-refractivity contribution is -0.132. The summed E-state index contributed by atoms with van der Waals surface area (Å²) in [5, 5.41) is 5.77. The Balaban J connectivity index is 0.00000300. The van der Waals surface area contributed by atoms with Gasteiger partial charge in [0.25, 0.3) is 0 Å². The first-order valence-electron chi connectivity index (χ1n) is 9.73. The predicted octanol–water partition coefficient (Wildman–Crippen LogP) is 3.60. The molecule has 3 rings (SSSR count). The van der Waals surface area contributed by atoms with Crippen molar-refractivity contribution >= 4 is 35.7 Å². The number of hydrogen-bond donors (Lipinski definition) is 3. The van der Waals surface area contributed by atoms with Crippen LogP contribution in [0.15, 0.2) is 48.5 Å². The zero-order valence-electron chi connectivity index (χ0n) is 16.7. The number of nitrogens with zero attached hydrogens (tertiary/aromatic N) is 1. The van der Waals surface area contributed by atoms with Gasteiger partial charge >= 0.3 is 6.03 Å². The molecule has 0 bridgehead atoms. The highest BCUT2D eigenvalue weighted by Crippen LogP contribution is 2.17. The summed E-state index contributed by atoms with van der Waals surface area (Å²) in [4.78, 5) is 26.6. The maximum atomic E-state index is 12.6. The van der Waals surface area contributed by atoms with Crippen LogP contribution in [0.25, 0.3) is 0 Å². The van der Waals surface area contributed by atoms with Crippen molar-refractivity contribution in [2.75, 3.05) is 30.7 Å². The van der Waals surface area contributed by atoms with Gasteiger partial charge in [-0.25, -0.2) is 4.79 Å². The number of nitrogens with two attached hydrogens (primary N) is 1. The third-order valence-corrected chi connectivity index (χ3v) is 5.07. The van der Waals surface area contributed by atoms with Gasteiger partial charge in [-0.3, -0.25) is 4.79 Å². The van der Waals surface area contributed by atoms with Crippen LogP contribution in [0.1, 0.15) is 24.0 Å². The highest BCUT2D eigenvalue weighted by Gasteiger charge is 2.24. The number of hydrogen-bond acceptors (Lipinski definition) is 3. The quantitative estimate of drug-likeness (QED) is 0.650. The Kier molecular flexibility index (Phi) is 8.34. The van der Waals surface area contributed by atoms with Crippen molar-refractivity contribution in [1.82, 2.24) is 10.2 Å². The fourth-order valence-electron chi connectivity index (χ4n) is 3.43. The van der Waals surface area contributed by atoms with Gasteiger partial charge in [0.15, 0.2) is 0 Å². The molecule has 7 heteroatoms. The number of halogens is 1. The molecule has 1 unspecified atom stereocenters. The molecule has 1 atom stereocenters. The average molecular weight is 417 g/mol. The Hall–Kier alpha value is -2.73. The van der Waals surface area contributed by atoms with Crippen LogP contribution >= 0.6 is 12.4 Å². The number of nitrogens with one attached hydrogen (secondary N) is 2. The molecule has 3 amide bonds. The molecule has 0 saturated carbocycles. The number of rotatable bonds is 5. The Morgan fingerprint density at radius 1 is 1.10 bits per heavy atom. The van der Waals surface area contributed by atoms with Crippen molar-refractivity contribution < 1.29 is 9.59 Å². The van der Waals surface area contributed by atoms with E-state index in [9.17, 15) is 9.59 Å². The SMILES string of the molecule is Cc1ccc(NC(=O)NCC2CCCN(C(=O)Cc3ccc(N)cc3)C2)cc1.Cl. The van der Waals surface area contributed by atoms with Gasteiger partial charge in [0.2, 0.25) is 5.91 Å². The molecular weight excluding hydrogens is 388 g/mol. The second-order valence-electron chi connectivity index (χ2n) is 7.47. The molecule has 0 radical (unpaired) electrons. The summed E-state index contributed by atoms with van der Waals surface area (Å²) in [6, 6.07) is 14.9. The lowest BCUT2D eigenvalue weighted by Gasteiger charge is -2.33. The van der Waals surface area contributed by atoms with Crippen molar-refractivity contribution in [3.8, 4) is 0 Å². The zero-order chi connectivity index (χ0) is 19.9. The Morgan fingerprint density at radius 2 is 1.79 bits per heavy atom. The van der Waals surface area contributed by atoms with Gasteiger partial charge in [0.05, 0.1) is 6.42 Å². The fraction of sp³-hybridized carbons (Fsp3) is 0.364. The number of carbonyl (C=O) groups is 2. The number of aryl methyl sites for hydroxylation is 1. The van der Waals surface area contributed by atoms with Gasteiger partial charge in [-0.15, -0.1) is 12.4 Å². The topological polar surface area (TPSA) is 87.5 Å². The van der Waals surface area contributed by atoms with Crippen molar-refractivity contribution in [2.24, 2.45) is 5.92 Å². The molecule has 6 nitrogen and oxygen atoms in total. The van der Waals surface area contributed by atoms with E-state index in [-0.39, 0.29) is 30.3 Å². The summed E-state index contributed by atoms with van der Waals surface area (Å²) in [6.45, 7) is 4.02. The van der Waals surface area contributed by atoms with Crippen LogP contribution in [0.5, 0.6) is 0 Å². The monoisotopic (exact) mass is 416 g/mol. The molecule has 2 aromatic carbocycles. The lowest BCUT2D eigenvalue weighted by Crippen LogP contribution is -2.44. The number of amides is 3. The zero-order valence-corrected chi connectivity index (χ0v) is 17.5. The Labute approximate surface area is 178 Å². The highest BCUT2D eigenvalue weighted by atomic mass is 35.5. The number of likely N-dealkylation sites (tertiary alicyclic amines) is 1. The first-order valence-corrected chi connectivity index (χ1v) is 9.73. The first-order chi connectivity index (χ1) is 13.5. The van der Waals surface area contributed by atoms with Crippen LogP contribution < -0.4 is 16.4 Å². The second kappa shape index (κ2) is 10.7. The summed E-state index contributed by atoms with van der Waals surface area (Å²) in [7, 11) is 0. The van der Waals surface area contributed by atoms with E-state index in [4.69, 9.17) is 5.73 Å². The van der Waals surface area contributed by atoms with Crippen LogP contribution in [0.2, 0.25) is 0 Å². The predicted molar refractivity (Wildman–Crippen MR) is 119 cm³/mol. The molecule has 2 aromatic rings. The molecule has 0 aliphatic carbocycles. The van der Waals surface area contributed by atoms with E-state index in [0.29, 0.717) is 25.2 Å². The molecular formula is C22H29ClN4O2. The maximum absolute atomic E-state index is 12.6. The summed E-state index contributed by atoms with van der Waals surface area (Å²) in [6.07, 6.45) is 2.35. The molecule has 1 fully saturated rings. The Bertz CT molecular complexity index is 809. The molecule has 1 aliphatic heterocycles. The molecule has 0 aromatic heterocycles. The summed E-state index contributed by atoms with van der Waals surface area (Å²) in [5.41, 5.74) is 9.28. The number of nitrogen functional groups attached to an aromatic ring is 1. The number of benzene rings is 2. The van der Waals surface area contributed by atoms with Gasteiger partial charge in [0, 0.05) is 31.0 Å². The largest absolute Gasteiger partial charge is 0.399 e. The number of carbonyl (C=O) groups excluding carboxylic acids is 2. The molecule has 29 heavy (non-hydrogen) atoms. The van der Waals surface area contributed by atoms with E-state index in [1.165, 1.54) is 0 Å². The van der Waals surface area contributed by atoms with E-state index in [2.05, 4.69) is 10.6 Å². The second-order valence-corrected chi connectivity index (χ2v) is 7.47. The minimum Gasteiger partial charge on any atom is -0.399 e. The number of urea groups is 1. The molecule has 1 heterocycles. The first kappa shape index (κ1) is 22.6. The maximum Gasteiger partial charge on any atom is 0.319 e. The Morgan fingerprint density at radius 3 is 2.48 bits per heavy atom. The third-order valence-electron chi connectivity index (χ3n) is 5.07. The van der Waals surface area contributed by atoms with Gasteiger partial charge in [-0.1, -0.05) is 29.8 Å². The number of piperidine rings is 1. The summed E-state index contributed by atoms with van der Waals surface area (Å²) >= 11 is 0. The van der Waals surface area contributed by atoms with Crippen LogP contribution in [-0.2, 0) is 11.2 Å². The smallest absolute Gasteiger partial charge is 0.319 e. The molecule has 4 N–H and O–H groups in total. The molecule has 0 spiro atoms. The van der Waals surface area contributed by atoms with E-state index in [1.54, 1.807) is 0 Å². The third kappa shape index (κ3) is 6.98. The van der Waals surface area contributed by atoms with Crippen LogP contribution in [0.4, 0.5) is 16.2 Å². The van der Waals surface area contributed by atoms with Crippen molar-refractivity contribution in [2.45, 2.75) is 26.2 Å². The van der Waals surface area contributed by atoms with Crippen LogP contribution in [0, 0.1) is 12.8 Å². The summed E-state index contributed by atoms with van der Waals surface area (Å²) in [5.74, 6) is 0.395. The van der Waals surface area contributed by atoms with Gasteiger partial charge in [-0.05, 0) is 55.5 Å². The minimum atomic E-state index is -0.214. The van der Waals surface area contributed by atoms with Crippen molar-refractivity contribution in [1.29, 1.82) is 0 Å². The van der Waals surface area contributed by atoms with Gasteiger partial charge < -0.3 is 21.3 Å². The number of anilines is 2. The van der Waals surface area contributed by atoms with Gasteiger partial charge in [0.1, 0.15) is 0 Å². The van der Waals surface area contributed by atoms with E-state index < -0.39 is 0 Å². The fourth-order valence-corrected chi connectivity index (χ4v) is 3.43. The molecule has 1 aliphatic rings. The average Bonchev–Trinajstić information content (AvgIpc) is 2.70. The van der Waals surface area contributed by atoms with Crippen molar-refractivity contribution in [3.05, 3.63) is 59.7 Å². The van der Waals surface area contributed by atoms with E-state index >= 15 is 0 Å². The van der Waals surface area contributed by atoms with Crippen LogP contribution in [-0.4, -0.2) is 36.5 Å². The highest BCUT2D eigenvalue weighted by molar-refractivity contribution is 5.89. The minimum absolute atomic E-state index is 0. The molecule has 156 valence electrons. The standard InChI is InChI=1S/C22H28N4O2.ClH/c1-16-4-10-20(11-5-16)25-22(28)24-14-18-3-2-12-26(15-18)21(27)13-17-6-8-19(23)9-7-17;/h4-11,18H,2-3,12-15,23H2,1H3,(H2,24,25,28);1H. The van der Waals surface area contributed by atoms with Crippen LogP contribution in [0.3, 0.4) is 0 Å². The lowest BCUT2D eigenvalue weighted by atomic mass is 9.97. The van der Waals surface area contributed by atoms with Crippen molar-refractivity contribution in [3.63, 3.8) is 0 Å². The normalized spacial score (nSPS) is 15.9. The van der Waals surface area contributed by atoms with E-state index in [0.717, 1.165) is 36.2 Å². The van der Waals surface area contributed by atoms with Gasteiger partial charge in [-0.2, -0.15) is 0 Å². The molecule has 1 saturated heterocycles. The van der Waals surface area contributed by atoms with E-state index in [1.807, 2.05) is 60.4 Å². The summed E-state index contributed by atoms with van der Waals surface area (Å²) < 4.78 is 0.